The van der Waals surface area contributed by atoms with Crippen molar-refractivity contribution >= 4 is 15.9 Å². The molecule has 0 aliphatic heterocycles. The van der Waals surface area contributed by atoms with E-state index < -0.39 is 15.6 Å². The SMILES string of the molecule is C=C/C=C(\C=C)C1(NC(=O)c2ccc(CN(Cc3ccccn3)S(=O)(=O)c3ccc(OCC)cc3)cc2)CC1. The van der Waals surface area contributed by atoms with E-state index in [1.165, 1.54) is 4.31 Å². The van der Waals surface area contributed by atoms with Crippen LogP contribution in [0.15, 0.2) is 115 Å². The topological polar surface area (TPSA) is 88.6 Å². The summed E-state index contributed by atoms with van der Waals surface area (Å²) in [7, 11) is -3.85. The molecule has 0 bridgehead atoms. The van der Waals surface area contributed by atoms with Crippen molar-refractivity contribution < 1.29 is 17.9 Å². The van der Waals surface area contributed by atoms with Crippen molar-refractivity contribution in [3.63, 3.8) is 0 Å². The van der Waals surface area contributed by atoms with E-state index in [2.05, 4.69) is 23.5 Å². The number of allylic oxidation sites excluding steroid dienone is 2. The third-order valence-electron chi connectivity index (χ3n) is 6.58. The lowest BCUT2D eigenvalue weighted by molar-refractivity contribution is 0.0939. The molecule has 1 N–H and O–H groups in total. The molecule has 202 valence electrons. The van der Waals surface area contributed by atoms with Crippen molar-refractivity contribution in [3.8, 4) is 5.75 Å². The van der Waals surface area contributed by atoms with Gasteiger partial charge in [0, 0.05) is 18.3 Å². The van der Waals surface area contributed by atoms with Crippen LogP contribution in [0.25, 0.3) is 0 Å². The Kier molecular flexibility index (Phi) is 8.79. The van der Waals surface area contributed by atoms with Crippen LogP contribution in [0.1, 0.15) is 41.4 Å². The number of aromatic nitrogens is 1. The van der Waals surface area contributed by atoms with E-state index in [4.69, 9.17) is 4.74 Å². The van der Waals surface area contributed by atoms with Gasteiger partial charge in [-0.3, -0.25) is 9.78 Å². The van der Waals surface area contributed by atoms with Gasteiger partial charge in [-0.2, -0.15) is 4.31 Å². The van der Waals surface area contributed by atoms with Crippen LogP contribution in [0.3, 0.4) is 0 Å². The highest BCUT2D eigenvalue weighted by atomic mass is 32.2. The normalized spacial score (nSPS) is 14.5. The Balaban J connectivity index is 1.54. The molecule has 1 saturated carbocycles. The van der Waals surface area contributed by atoms with Crippen molar-refractivity contribution in [1.82, 2.24) is 14.6 Å². The third-order valence-corrected chi connectivity index (χ3v) is 8.39. The molecule has 1 amide bonds. The minimum atomic E-state index is -3.85. The number of ether oxygens (including phenoxy) is 1. The quantitative estimate of drug-likeness (QED) is 0.290. The van der Waals surface area contributed by atoms with Gasteiger partial charge in [0.2, 0.25) is 10.0 Å². The summed E-state index contributed by atoms with van der Waals surface area (Å²) in [5, 5.41) is 3.12. The molecule has 1 heterocycles. The minimum absolute atomic E-state index is 0.0983. The average molecular weight is 544 g/mol. The molecule has 7 nitrogen and oxygen atoms in total. The van der Waals surface area contributed by atoms with Crippen molar-refractivity contribution in [2.45, 2.75) is 43.3 Å². The predicted octanol–water partition coefficient (Wildman–Crippen LogP) is 5.43. The lowest BCUT2D eigenvalue weighted by Gasteiger charge is -2.23. The fourth-order valence-corrected chi connectivity index (χ4v) is 5.74. The highest BCUT2D eigenvalue weighted by molar-refractivity contribution is 7.89. The number of nitrogens with zero attached hydrogens (tertiary/aromatic N) is 2. The van der Waals surface area contributed by atoms with E-state index in [9.17, 15) is 13.2 Å². The number of rotatable bonds is 13. The monoisotopic (exact) mass is 543 g/mol. The zero-order chi connectivity index (χ0) is 27.9. The van der Waals surface area contributed by atoms with Gasteiger partial charge in [0.1, 0.15) is 5.75 Å². The summed E-state index contributed by atoms with van der Waals surface area (Å²) in [6.45, 7) is 10.2. The average Bonchev–Trinajstić information content (AvgIpc) is 3.73. The van der Waals surface area contributed by atoms with E-state index in [-0.39, 0.29) is 23.9 Å². The zero-order valence-electron chi connectivity index (χ0n) is 22.0. The Hall–Kier alpha value is -4.01. The number of hydrogen-bond acceptors (Lipinski definition) is 5. The van der Waals surface area contributed by atoms with Crippen LogP contribution in [-0.2, 0) is 23.1 Å². The van der Waals surface area contributed by atoms with Gasteiger partial charge in [0.15, 0.2) is 0 Å². The van der Waals surface area contributed by atoms with E-state index in [0.717, 1.165) is 24.0 Å². The standard InChI is InChI=1S/C31H33N3O4S/c1-4-9-26(5-2)31(19-20-31)33-30(35)25-13-11-24(12-14-25)22-34(23-27-10-7-8-21-32-27)39(36,37)29-17-15-28(16-18-29)38-6-3/h4-5,7-18,21H,1-2,6,19-20,22-23H2,3H3,(H,33,35)/b26-9+. The summed E-state index contributed by atoms with van der Waals surface area (Å²) in [5.41, 5.74) is 2.40. The molecule has 0 unspecified atom stereocenters. The lowest BCUT2D eigenvalue weighted by Crippen LogP contribution is -2.38. The summed E-state index contributed by atoms with van der Waals surface area (Å²) >= 11 is 0. The molecular weight excluding hydrogens is 510 g/mol. The van der Waals surface area contributed by atoms with E-state index in [0.29, 0.717) is 23.6 Å². The molecule has 1 aliphatic rings. The maximum absolute atomic E-state index is 13.7. The first-order valence-corrected chi connectivity index (χ1v) is 14.3. The molecule has 0 spiro atoms. The first kappa shape index (κ1) is 28.0. The summed E-state index contributed by atoms with van der Waals surface area (Å²) in [6, 6.07) is 18.8. The maximum Gasteiger partial charge on any atom is 0.251 e. The van der Waals surface area contributed by atoms with Crippen molar-refractivity contribution in [2.24, 2.45) is 0 Å². The Labute approximate surface area is 230 Å². The smallest absolute Gasteiger partial charge is 0.251 e. The second kappa shape index (κ2) is 12.2. The van der Waals surface area contributed by atoms with Gasteiger partial charge in [-0.15, -0.1) is 0 Å². The number of carbonyl (C=O) groups is 1. The van der Waals surface area contributed by atoms with E-state index in [1.807, 2.05) is 19.1 Å². The summed E-state index contributed by atoms with van der Waals surface area (Å²) in [4.78, 5) is 17.5. The van der Waals surface area contributed by atoms with Crippen LogP contribution in [0.4, 0.5) is 0 Å². The van der Waals surface area contributed by atoms with Crippen LogP contribution < -0.4 is 10.1 Å². The molecule has 1 fully saturated rings. The van der Waals surface area contributed by atoms with Crippen molar-refractivity contribution in [1.29, 1.82) is 0 Å². The highest BCUT2D eigenvalue weighted by Crippen LogP contribution is 2.43. The predicted molar refractivity (Wildman–Crippen MR) is 153 cm³/mol. The van der Waals surface area contributed by atoms with Gasteiger partial charge in [-0.1, -0.05) is 49.6 Å². The molecule has 2 aromatic carbocycles. The van der Waals surface area contributed by atoms with Gasteiger partial charge in [0.25, 0.3) is 5.91 Å². The molecular formula is C31H33N3O4S. The largest absolute Gasteiger partial charge is 0.494 e. The van der Waals surface area contributed by atoms with E-state index in [1.54, 1.807) is 79.0 Å². The minimum Gasteiger partial charge on any atom is -0.494 e. The highest BCUT2D eigenvalue weighted by Gasteiger charge is 2.46. The number of amides is 1. The lowest BCUT2D eigenvalue weighted by atomic mass is 10.0. The fraction of sp³-hybridized carbons (Fsp3) is 0.226. The van der Waals surface area contributed by atoms with Gasteiger partial charge < -0.3 is 10.1 Å². The van der Waals surface area contributed by atoms with Crippen LogP contribution in [0.2, 0.25) is 0 Å². The summed E-state index contributed by atoms with van der Waals surface area (Å²) in [6.07, 6.45) is 8.63. The van der Waals surface area contributed by atoms with Crippen molar-refractivity contribution in [2.75, 3.05) is 6.61 Å². The fourth-order valence-electron chi connectivity index (χ4n) is 4.34. The molecule has 4 rings (SSSR count). The number of sulfonamides is 1. The maximum atomic E-state index is 13.7. The molecule has 0 saturated heterocycles. The van der Waals surface area contributed by atoms with Gasteiger partial charge in [-0.25, -0.2) is 8.42 Å². The number of benzene rings is 2. The number of hydrogen-bond donors (Lipinski definition) is 1. The molecule has 39 heavy (non-hydrogen) atoms. The summed E-state index contributed by atoms with van der Waals surface area (Å²) in [5.74, 6) is 0.415. The van der Waals surface area contributed by atoms with Gasteiger partial charge in [-0.05, 0) is 79.4 Å². The van der Waals surface area contributed by atoms with Crippen molar-refractivity contribution in [3.05, 3.63) is 127 Å². The second-order valence-corrected chi connectivity index (χ2v) is 11.2. The zero-order valence-corrected chi connectivity index (χ0v) is 22.9. The Morgan fingerprint density at radius 2 is 1.77 bits per heavy atom. The summed E-state index contributed by atoms with van der Waals surface area (Å²) < 4.78 is 34.2. The van der Waals surface area contributed by atoms with Crippen LogP contribution in [-0.4, -0.2) is 35.8 Å². The van der Waals surface area contributed by atoms with Crippen LogP contribution in [0.5, 0.6) is 5.75 Å². The second-order valence-electron chi connectivity index (χ2n) is 9.29. The first-order chi connectivity index (χ1) is 18.8. The molecule has 8 heteroatoms. The molecule has 1 aromatic heterocycles. The number of carbonyl (C=O) groups excluding carboxylic acids is 1. The molecule has 0 atom stereocenters. The molecule has 0 radical (unpaired) electrons. The Morgan fingerprint density at radius 1 is 1.05 bits per heavy atom. The van der Waals surface area contributed by atoms with Gasteiger partial charge >= 0.3 is 0 Å². The van der Waals surface area contributed by atoms with E-state index >= 15 is 0 Å². The number of nitrogens with one attached hydrogen (secondary N) is 1. The Bertz CT molecular complexity index is 1440. The third kappa shape index (κ3) is 6.71. The Morgan fingerprint density at radius 3 is 2.33 bits per heavy atom. The van der Waals surface area contributed by atoms with Gasteiger partial charge in [0.05, 0.1) is 29.3 Å². The molecule has 3 aromatic rings. The molecule has 1 aliphatic carbocycles. The van der Waals surface area contributed by atoms with Crippen LogP contribution >= 0.6 is 0 Å². The number of pyridine rings is 1. The first-order valence-electron chi connectivity index (χ1n) is 12.8. The van der Waals surface area contributed by atoms with Crippen LogP contribution in [0, 0.1) is 0 Å².